The van der Waals surface area contributed by atoms with Crippen LogP contribution < -0.4 is 10.5 Å². The van der Waals surface area contributed by atoms with Crippen LogP contribution in [0.25, 0.3) is 21.3 Å². The van der Waals surface area contributed by atoms with Crippen molar-refractivity contribution in [2.45, 2.75) is 20.4 Å². The van der Waals surface area contributed by atoms with Gasteiger partial charge >= 0.3 is 0 Å². The molecule has 27 heavy (non-hydrogen) atoms. The number of para-hydroxylation sites is 1. The number of hydrogen-bond donors (Lipinski definition) is 1. The number of rotatable bonds is 4. The highest BCUT2D eigenvalue weighted by atomic mass is 32.1. The van der Waals surface area contributed by atoms with Crippen molar-refractivity contribution in [3.8, 4) is 11.1 Å². The second-order valence-electron chi connectivity index (χ2n) is 6.78. The summed E-state index contributed by atoms with van der Waals surface area (Å²) >= 11 is 1.58. The largest absolute Gasteiger partial charge is 0.367 e. The number of anilines is 1. The van der Waals surface area contributed by atoms with Gasteiger partial charge in [-0.2, -0.15) is 0 Å². The zero-order valence-electron chi connectivity index (χ0n) is 15.6. The monoisotopic (exact) mass is 375 g/mol. The highest BCUT2D eigenvalue weighted by Crippen LogP contribution is 2.35. The van der Waals surface area contributed by atoms with Gasteiger partial charge in [-0.1, -0.05) is 48.0 Å². The van der Waals surface area contributed by atoms with Gasteiger partial charge in [0.25, 0.3) is 5.56 Å². The van der Waals surface area contributed by atoms with E-state index in [-0.39, 0.29) is 5.56 Å². The van der Waals surface area contributed by atoms with Crippen LogP contribution in [0.4, 0.5) is 5.69 Å². The van der Waals surface area contributed by atoms with E-state index in [9.17, 15) is 4.79 Å². The first-order valence-corrected chi connectivity index (χ1v) is 9.70. The van der Waals surface area contributed by atoms with Crippen LogP contribution in [0.3, 0.4) is 0 Å². The number of aryl methyl sites for hydroxylation is 2. The van der Waals surface area contributed by atoms with Crippen molar-refractivity contribution in [3.63, 3.8) is 0 Å². The van der Waals surface area contributed by atoms with E-state index in [1.54, 1.807) is 11.3 Å². The molecular formula is C22H21N3OS. The molecule has 0 saturated heterocycles. The smallest absolute Gasteiger partial charge is 0.260 e. The van der Waals surface area contributed by atoms with E-state index >= 15 is 0 Å². The second kappa shape index (κ2) is 7.00. The van der Waals surface area contributed by atoms with Crippen LogP contribution >= 0.6 is 11.3 Å². The van der Waals surface area contributed by atoms with Crippen LogP contribution in [0.1, 0.15) is 16.3 Å². The molecule has 2 aromatic heterocycles. The highest BCUT2D eigenvalue weighted by molar-refractivity contribution is 7.19. The molecule has 4 nitrogen and oxygen atoms in total. The van der Waals surface area contributed by atoms with Crippen LogP contribution in [0.5, 0.6) is 0 Å². The van der Waals surface area contributed by atoms with Crippen molar-refractivity contribution in [1.82, 2.24) is 9.97 Å². The first-order valence-electron chi connectivity index (χ1n) is 8.88. The van der Waals surface area contributed by atoms with E-state index in [1.165, 1.54) is 5.56 Å². The SMILES string of the molecule is Cc1ccc(-c2c(C)sc3nc(CN(C)c4ccccc4)[nH]c(=O)c23)cc1. The number of nitrogens with zero attached hydrogens (tertiary/aromatic N) is 2. The number of H-pyrrole nitrogens is 1. The molecule has 0 spiro atoms. The maximum atomic E-state index is 12.9. The molecular weight excluding hydrogens is 354 g/mol. The van der Waals surface area contributed by atoms with E-state index in [0.29, 0.717) is 17.8 Å². The molecule has 0 unspecified atom stereocenters. The zero-order chi connectivity index (χ0) is 19.0. The summed E-state index contributed by atoms with van der Waals surface area (Å²) in [7, 11) is 2.00. The highest BCUT2D eigenvalue weighted by Gasteiger charge is 2.17. The molecule has 0 aliphatic heterocycles. The Bertz CT molecular complexity index is 1140. The number of hydrogen-bond acceptors (Lipinski definition) is 4. The Labute approximate surface area is 162 Å². The van der Waals surface area contributed by atoms with Gasteiger partial charge in [0, 0.05) is 23.2 Å². The molecule has 136 valence electrons. The molecule has 0 aliphatic carbocycles. The van der Waals surface area contributed by atoms with Crippen LogP contribution in [-0.4, -0.2) is 17.0 Å². The van der Waals surface area contributed by atoms with Crippen LogP contribution in [0.2, 0.25) is 0 Å². The van der Waals surface area contributed by atoms with E-state index in [4.69, 9.17) is 4.98 Å². The first kappa shape index (κ1) is 17.5. The van der Waals surface area contributed by atoms with Gasteiger partial charge in [-0.3, -0.25) is 4.79 Å². The molecule has 4 aromatic rings. The van der Waals surface area contributed by atoms with E-state index in [0.717, 1.165) is 26.5 Å². The van der Waals surface area contributed by atoms with Gasteiger partial charge in [-0.05, 0) is 31.5 Å². The summed E-state index contributed by atoms with van der Waals surface area (Å²) in [6, 6.07) is 18.4. The third-order valence-corrected chi connectivity index (χ3v) is 5.71. The molecule has 4 rings (SSSR count). The average Bonchev–Trinajstić information content (AvgIpc) is 2.99. The molecule has 0 saturated carbocycles. The summed E-state index contributed by atoms with van der Waals surface area (Å²) in [6.45, 7) is 4.66. The molecule has 0 aliphatic rings. The van der Waals surface area contributed by atoms with Gasteiger partial charge in [0.15, 0.2) is 0 Å². The van der Waals surface area contributed by atoms with Gasteiger partial charge in [0.1, 0.15) is 10.7 Å². The lowest BCUT2D eigenvalue weighted by Crippen LogP contribution is -2.21. The fourth-order valence-electron chi connectivity index (χ4n) is 3.30. The van der Waals surface area contributed by atoms with Crippen molar-refractivity contribution < 1.29 is 0 Å². The number of aromatic amines is 1. The number of benzene rings is 2. The Morgan fingerprint density at radius 2 is 1.74 bits per heavy atom. The lowest BCUT2D eigenvalue weighted by atomic mass is 10.0. The fraction of sp³-hybridized carbons (Fsp3) is 0.182. The van der Waals surface area contributed by atoms with Gasteiger partial charge in [0.2, 0.25) is 0 Å². The molecule has 0 amide bonds. The Morgan fingerprint density at radius 3 is 2.44 bits per heavy atom. The number of aromatic nitrogens is 2. The molecule has 5 heteroatoms. The Kier molecular flexibility index (Phi) is 4.54. The topological polar surface area (TPSA) is 49.0 Å². The maximum absolute atomic E-state index is 12.9. The Morgan fingerprint density at radius 1 is 1.04 bits per heavy atom. The van der Waals surface area contributed by atoms with E-state index in [1.807, 2.05) is 37.4 Å². The average molecular weight is 375 g/mol. The predicted molar refractivity (Wildman–Crippen MR) is 114 cm³/mol. The van der Waals surface area contributed by atoms with Crippen LogP contribution in [0.15, 0.2) is 59.4 Å². The first-order chi connectivity index (χ1) is 13.0. The van der Waals surface area contributed by atoms with Crippen molar-refractivity contribution in [2.24, 2.45) is 0 Å². The fourth-order valence-corrected chi connectivity index (χ4v) is 4.37. The van der Waals surface area contributed by atoms with Crippen molar-refractivity contribution in [3.05, 3.63) is 81.2 Å². The minimum Gasteiger partial charge on any atom is -0.367 e. The Hall–Kier alpha value is -2.92. The van der Waals surface area contributed by atoms with E-state index in [2.05, 4.69) is 48.0 Å². The number of fused-ring (bicyclic) bond motifs is 1. The standard InChI is InChI=1S/C22H21N3OS/c1-14-9-11-16(12-10-14)19-15(2)27-22-20(19)21(26)23-18(24-22)13-25(3)17-7-5-4-6-8-17/h4-12H,13H2,1-3H3,(H,23,24,26). The minimum atomic E-state index is -0.0728. The van der Waals surface area contributed by atoms with Gasteiger partial charge in [-0.25, -0.2) is 4.98 Å². The minimum absolute atomic E-state index is 0.0728. The molecule has 2 heterocycles. The van der Waals surface area contributed by atoms with Crippen molar-refractivity contribution in [2.75, 3.05) is 11.9 Å². The quantitative estimate of drug-likeness (QED) is 0.552. The van der Waals surface area contributed by atoms with Crippen molar-refractivity contribution in [1.29, 1.82) is 0 Å². The lowest BCUT2D eigenvalue weighted by molar-refractivity contribution is 0.842. The summed E-state index contributed by atoms with van der Waals surface area (Å²) in [5.41, 5.74) is 4.27. The van der Waals surface area contributed by atoms with E-state index < -0.39 is 0 Å². The number of nitrogens with one attached hydrogen (secondary N) is 1. The molecule has 0 radical (unpaired) electrons. The predicted octanol–water partition coefficient (Wildman–Crippen LogP) is 4.90. The second-order valence-corrected chi connectivity index (χ2v) is 7.99. The normalized spacial score (nSPS) is 11.1. The summed E-state index contributed by atoms with van der Waals surface area (Å²) in [5.74, 6) is 0.676. The molecule has 0 fully saturated rings. The summed E-state index contributed by atoms with van der Waals surface area (Å²) in [6.07, 6.45) is 0. The molecule has 0 bridgehead atoms. The van der Waals surface area contributed by atoms with Gasteiger partial charge < -0.3 is 9.88 Å². The molecule has 1 N–H and O–H groups in total. The number of thiophene rings is 1. The summed E-state index contributed by atoms with van der Waals surface area (Å²) < 4.78 is 0. The Balaban J connectivity index is 1.75. The van der Waals surface area contributed by atoms with Gasteiger partial charge in [-0.15, -0.1) is 11.3 Å². The summed E-state index contributed by atoms with van der Waals surface area (Å²) in [5, 5.41) is 0.687. The lowest BCUT2D eigenvalue weighted by Gasteiger charge is -2.18. The zero-order valence-corrected chi connectivity index (χ0v) is 16.4. The van der Waals surface area contributed by atoms with Crippen molar-refractivity contribution >= 4 is 27.2 Å². The third kappa shape index (κ3) is 3.38. The summed E-state index contributed by atoms with van der Waals surface area (Å²) in [4.78, 5) is 24.6. The van der Waals surface area contributed by atoms with Crippen LogP contribution in [-0.2, 0) is 6.54 Å². The molecule has 0 atom stereocenters. The van der Waals surface area contributed by atoms with Crippen LogP contribution in [0, 0.1) is 13.8 Å². The third-order valence-electron chi connectivity index (χ3n) is 4.71. The van der Waals surface area contributed by atoms with Gasteiger partial charge in [0.05, 0.1) is 11.9 Å². The maximum Gasteiger partial charge on any atom is 0.260 e. The molecule has 2 aromatic carbocycles.